The fourth-order valence-electron chi connectivity index (χ4n) is 0.316. The summed E-state index contributed by atoms with van der Waals surface area (Å²) in [5.41, 5.74) is 0. The Morgan fingerprint density at radius 2 is 2.33 bits per heavy atom. The lowest BCUT2D eigenvalue weighted by Crippen LogP contribution is -1.68. The third-order valence-corrected chi connectivity index (χ3v) is 1.82. The van der Waals surface area contributed by atoms with E-state index in [2.05, 4.69) is 13.8 Å². The Hall–Kier alpha value is 0.430. The van der Waals surface area contributed by atoms with E-state index in [4.69, 9.17) is 1.28 Å². The van der Waals surface area contributed by atoms with Gasteiger partial charge in [0.15, 0.2) is 0 Å². The van der Waals surface area contributed by atoms with Gasteiger partial charge in [0.1, 0.15) is 0 Å². The first-order chi connectivity index (χ1) is 3.31. The summed E-state index contributed by atoms with van der Waals surface area (Å²) < 4.78 is 7.29. The fraction of sp³-hybridized carbons (Fsp3) is 1.00. The molecular formula is C5H13P. The van der Waals surface area contributed by atoms with Gasteiger partial charge in [-0.15, -0.1) is 8.53 Å². The monoisotopic (exact) mass is 105 g/mol. The Bertz CT molecular complexity index is 39.1. The van der Waals surface area contributed by atoms with Crippen LogP contribution in [-0.4, -0.2) is 13.6 Å². The maximum Gasteiger partial charge on any atom is 0.0580 e. The molecule has 38 valence electrons. The summed E-state index contributed by atoms with van der Waals surface area (Å²) in [6, 6.07) is 0. The van der Waals surface area contributed by atoms with Gasteiger partial charge in [0.2, 0.25) is 0 Å². The first-order valence-corrected chi connectivity index (χ1v) is 3.81. The van der Waals surface area contributed by atoms with E-state index in [-0.39, 0.29) is 8.53 Å². The highest BCUT2D eigenvalue weighted by Gasteiger charge is 1.74. The van der Waals surface area contributed by atoms with E-state index < -0.39 is 0 Å². The molecule has 0 aliphatic carbocycles. The van der Waals surface area contributed by atoms with Crippen LogP contribution in [0, 0.1) is 0 Å². The predicted molar refractivity (Wildman–Crippen MR) is 34.0 cm³/mol. The standard InChI is InChI=1S/C5H13P/c1-3-5-6-4-2/h6H,3-5H2,1-2H3/i6D. The van der Waals surface area contributed by atoms with Crippen molar-refractivity contribution in [2.45, 2.75) is 20.3 Å². The summed E-state index contributed by atoms with van der Waals surface area (Å²) in [5, 5.41) is 0. The van der Waals surface area contributed by atoms with Crippen molar-refractivity contribution in [3.05, 3.63) is 0 Å². The van der Waals surface area contributed by atoms with Crippen molar-refractivity contribution < 1.29 is 0 Å². The van der Waals surface area contributed by atoms with Crippen LogP contribution < -0.4 is 0 Å². The zero-order valence-electron chi connectivity index (χ0n) is 5.57. The molecule has 1 unspecified atom stereocenters. The van der Waals surface area contributed by atoms with E-state index in [0.717, 1.165) is 12.3 Å². The van der Waals surface area contributed by atoms with Crippen LogP contribution in [-0.2, 0) is 0 Å². The molecule has 0 aromatic carbocycles. The quantitative estimate of drug-likeness (QED) is 0.482. The molecular weight excluding hydrogens is 91.0 g/mol. The molecule has 0 aliphatic heterocycles. The van der Waals surface area contributed by atoms with Crippen molar-refractivity contribution in [1.29, 1.82) is 1.28 Å². The van der Waals surface area contributed by atoms with Crippen LogP contribution in [0.2, 0.25) is 0 Å². The topological polar surface area (TPSA) is 0 Å². The number of hydrogen-bond acceptors (Lipinski definition) is 0. The molecule has 0 fully saturated rings. The second-order valence-corrected chi connectivity index (χ2v) is 2.79. The lowest BCUT2D eigenvalue weighted by atomic mass is 10.6. The maximum absolute atomic E-state index is 7.29. The second kappa shape index (κ2) is 5.43. The third-order valence-electron chi connectivity index (χ3n) is 0.605. The summed E-state index contributed by atoms with van der Waals surface area (Å²) in [7, 11) is -0.328. The highest BCUT2D eigenvalue weighted by atomic mass is 31.1. The van der Waals surface area contributed by atoms with Gasteiger partial charge in [0, 0.05) is 0 Å². The molecule has 0 bridgehead atoms. The lowest BCUT2D eigenvalue weighted by Gasteiger charge is -1.87. The van der Waals surface area contributed by atoms with Crippen molar-refractivity contribution >= 4 is 8.53 Å². The molecule has 0 saturated heterocycles. The lowest BCUT2D eigenvalue weighted by molar-refractivity contribution is 1.10. The first-order valence-electron chi connectivity index (χ1n) is 2.99. The van der Waals surface area contributed by atoms with Crippen LogP contribution in [0.3, 0.4) is 0 Å². The van der Waals surface area contributed by atoms with Crippen LogP contribution in [0.5, 0.6) is 0 Å². The molecule has 0 aromatic rings. The van der Waals surface area contributed by atoms with E-state index in [1.165, 1.54) is 6.42 Å². The van der Waals surface area contributed by atoms with Crippen LogP contribution in [0.15, 0.2) is 0 Å². The van der Waals surface area contributed by atoms with E-state index in [1.807, 2.05) is 0 Å². The van der Waals surface area contributed by atoms with Gasteiger partial charge < -0.3 is 0 Å². The Kier molecular flexibility index (Phi) is 4.15. The van der Waals surface area contributed by atoms with Crippen LogP contribution in [0.25, 0.3) is 0 Å². The minimum absolute atomic E-state index is 0.328. The van der Waals surface area contributed by atoms with E-state index >= 15 is 0 Å². The molecule has 0 saturated carbocycles. The normalized spacial score (nSPS) is 16.7. The van der Waals surface area contributed by atoms with Crippen LogP contribution >= 0.6 is 8.53 Å². The molecule has 1 heteroatoms. The zero-order chi connectivity index (χ0) is 5.70. The van der Waals surface area contributed by atoms with Gasteiger partial charge in [-0.2, -0.15) is 0 Å². The summed E-state index contributed by atoms with van der Waals surface area (Å²) in [6.07, 6.45) is 3.39. The fourth-order valence-corrected chi connectivity index (χ4v) is 0.949. The summed E-state index contributed by atoms with van der Waals surface area (Å²) in [4.78, 5) is 0. The van der Waals surface area contributed by atoms with Gasteiger partial charge in [-0.05, 0) is 12.3 Å². The van der Waals surface area contributed by atoms with E-state index in [1.54, 1.807) is 0 Å². The summed E-state index contributed by atoms with van der Waals surface area (Å²) in [6.45, 7) is 4.23. The molecule has 0 spiro atoms. The van der Waals surface area contributed by atoms with Crippen LogP contribution in [0.4, 0.5) is 0 Å². The number of rotatable bonds is 3. The molecule has 0 nitrogen and oxygen atoms in total. The minimum atomic E-state index is -0.328. The van der Waals surface area contributed by atoms with Gasteiger partial charge in [-0.3, -0.25) is 0 Å². The largest absolute Gasteiger partial charge is 0.122 e. The van der Waals surface area contributed by atoms with Gasteiger partial charge in [0.25, 0.3) is 0 Å². The molecule has 0 rings (SSSR count). The third kappa shape index (κ3) is 4.43. The van der Waals surface area contributed by atoms with E-state index in [0.29, 0.717) is 0 Å². The first kappa shape index (κ1) is 4.59. The Labute approximate surface area is 43.4 Å². The molecule has 0 aliphatic rings. The van der Waals surface area contributed by atoms with Crippen molar-refractivity contribution in [1.82, 2.24) is 0 Å². The number of hydrogen-bond donors (Lipinski definition) is 0. The predicted octanol–water partition coefficient (Wildman–Crippen LogP) is 2.09. The Balaban J connectivity index is 2.83. The highest BCUT2D eigenvalue weighted by Crippen LogP contribution is 2.07. The van der Waals surface area contributed by atoms with Crippen LogP contribution in [0.1, 0.15) is 20.3 Å². The maximum atomic E-state index is 7.29. The Morgan fingerprint density at radius 3 is 2.50 bits per heavy atom. The molecule has 0 heterocycles. The smallest absolute Gasteiger partial charge is 0.0580 e. The average Bonchev–Trinajstić information content (AvgIpc) is 1.68. The molecule has 6 heavy (non-hydrogen) atoms. The summed E-state index contributed by atoms with van der Waals surface area (Å²) >= 11 is 0. The van der Waals surface area contributed by atoms with Crippen molar-refractivity contribution in [2.75, 3.05) is 12.3 Å². The molecule has 0 N–H and O–H groups in total. The average molecular weight is 105 g/mol. The van der Waals surface area contributed by atoms with Crippen molar-refractivity contribution in [3.63, 3.8) is 0 Å². The van der Waals surface area contributed by atoms with Gasteiger partial charge in [-0.25, -0.2) is 0 Å². The zero-order valence-corrected chi connectivity index (χ0v) is 5.46. The minimum Gasteiger partial charge on any atom is -0.122 e. The van der Waals surface area contributed by atoms with Crippen molar-refractivity contribution in [2.24, 2.45) is 0 Å². The van der Waals surface area contributed by atoms with Gasteiger partial charge in [0.05, 0.1) is 1.28 Å². The molecule has 0 amide bonds. The Morgan fingerprint density at radius 1 is 1.67 bits per heavy atom. The highest BCUT2D eigenvalue weighted by molar-refractivity contribution is 7.37. The SMILES string of the molecule is [2H]P(CC)CCC. The second-order valence-electron chi connectivity index (χ2n) is 1.26. The summed E-state index contributed by atoms with van der Waals surface area (Å²) in [5.74, 6) is 0. The molecule has 0 aromatic heterocycles. The molecule has 0 radical (unpaired) electrons. The molecule has 1 atom stereocenters. The van der Waals surface area contributed by atoms with Crippen molar-refractivity contribution in [3.8, 4) is 0 Å². The van der Waals surface area contributed by atoms with E-state index in [9.17, 15) is 0 Å². The van der Waals surface area contributed by atoms with Gasteiger partial charge >= 0.3 is 0 Å². The van der Waals surface area contributed by atoms with Gasteiger partial charge in [-0.1, -0.05) is 20.3 Å².